The van der Waals surface area contributed by atoms with Crippen LogP contribution >= 0.6 is 0 Å². The Morgan fingerprint density at radius 2 is 2.14 bits per heavy atom. The summed E-state index contributed by atoms with van der Waals surface area (Å²) in [6.07, 6.45) is 3.59. The summed E-state index contributed by atoms with van der Waals surface area (Å²) in [6.45, 7) is 5.94. The number of rotatable bonds is 8. The molecule has 1 aromatic heterocycles. The molecule has 1 N–H and O–H groups in total. The predicted octanol–water partition coefficient (Wildman–Crippen LogP) is 2.89. The highest BCUT2D eigenvalue weighted by Gasteiger charge is 2.16. The molecule has 1 heterocycles. The molecule has 2 rings (SSSR count). The second-order valence-corrected chi connectivity index (χ2v) is 6.26. The van der Waals surface area contributed by atoms with Crippen LogP contribution in [0.15, 0.2) is 46.4 Å². The van der Waals surface area contributed by atoms with Crippen LogP contribution in [0.1, 0.15) is 49.2 Å². The molecule has 148 valence electrons. The third-order valence-corrected chi connectivity index (χ3v) is 3.80. The van der Waals surface area contributed by atoms with E-state index in [0.29, 0.717) is 12.2 Å². The molecule has 0 unspecified atom stereocenters. The minimum atomic E-state index is -0.659. The number of nitro benzene ring substituents is 1. The monoisotopic (exact) mass is 386 g/mol. The number of aromatic nitrogens is 1. The van der Waals surface area contributed by atoms with Crippen molar-refractivity contribution >= 4 is 17.8 Å². The van der Waals surface area contributed by atoms with Crippen molar-refractivity contribution < 1.29 is 14.5 Å². The van der Waals surface area contributed by atoms with E-state index in [4.69, 9.17) is 4.74 Å². The number of hydrogen-bond acceptors (Lipinski definition) is 6. The molecule has 1 aromatic carbocycles. The molecule has 28 heavy (non-hydrogen) atoms. The predicted molar refractivity (Wildman–Crippen MR) is 105 cm³/mol. The molecule has 0 atom stereocenters. The molecule has 0 saturated carbocycles. The fourth-order valence-electron chi connectivity index (χ4n) is 2.41. The van der Waals surface area contributed by atoms with Gasteiger partial charge in [-0.3, -0.25) is 19.7 Å². The van der Waals surface area contributed by atoms with Crippen LogP contribution in [-0.4, -0.2) is 28.2 Å². The maximum atomic E-state index is 12.3. The molecule has 0 aliphatic carbocycles. The SMILES string of the molecule is CCCOc1ccc(/C=N\NC(=O)c2cccn(C(C)C)c2=O)cc1[N+](=O)[O-]. The number of hydrazone groups is 1. The lowest BCUT2D eigenvalue weighted by atomic mass is 10.2. The van der Waals surface area contributed by atoms with Crippen LogP contribution in [0.25, 0.3) is 0 Å². The third-order valence-electron chi connectivity index (χ3n) is 3.80. The zero-order valence-corrected chi connectivity index (χ0v) is 15.9. The molecule has 1 amide bonds. The van der Waals surface area contributed by atoms with Gasteiger partial charge in [0.25, 0.3) is 11.5 Å². The summed E-state index contributed by atoms with van der Waals surface area (Å²) in [4.78, 5) is 35.2. The highest BCUT2D eigenvalue weighted by Crippen LogP contribution is 2.27. The Bertz CT molecular complexity index is 950. The van der Waals surface area contributed by atoms with Crippen LogP contribution in [0, 0.1) is 10.1 Å². The van der Waals surface area contributed by atoms with Crippen molar-refractivity contribution in [2.75, 3.05) is 6.61 Å². The molecule has 0 saturated heterocycles. The van der Waals surface area contributed by atoms with Crippen molar-refractivity contribution in [2.24, 2.45) is 5.10 Å². The first kappa shape index (κ1) is 20.8. The number of nitrogens with one attached hydrogen (secondary N) is 1. The van der Waals surface area contributed by atoms with Gasteiger partial charge < -0.3 is 9.30 Å². The summed E-state index contributed by atoms with van der Waals surface area (Å²) in [5, 5.41) is 15.0. The van der Waals surface area contributed by atoms with Crippen molar-refractivity contribution in [1.82, 2.24) is 9.99 Å². The van der Waals surface area contributed by atoms with E-state index in [-0.39, 0.29) is 23.0 Å². The summed E-state index contributed by atoms with van der Waals surface area (Å²) < 4.78 is 6.80. The number of ether oxygens (including phenoxy) is 1. The summed E-state index contributed by atoms with van der Waals surface area (Å²) in [7, 11) is 0. The number of carbonyl (C=O) groups excluding carboxylic acids is 1. The lowest BCUT2D eigenvalue weighted by molar-refractivity contribution is -0.385. The Kier molecular flexibility index (Phi) is 7.02. The average Bonchev–Trinajstić information content (AvgIpc) is 2.66. The Morgan fingerprint density at radius 3 is 2.79 bits per heavy atom. The van der Waals surface area contributed by atoms with Gasteiger partial charge in [-0.25, -0.2) is 5.43 Å². The van der Waals surface area contributed by atoms with Gasteiger partial charge in [-0.05, 0) is 44.5 Å². The van der Waals surface area contributed by atoms with E-state index < -0.39 is 16.4 Å². The van der Waals surface area contributed by atoms with Crippen LogP contribution in [0.3, 0.4) is 0 Å². The summed E-state index contributed by atoms with van der Waals surface area (Å²) >= 11 is 0. The lowest BCUT2D eigenvalue weighted by Crippen LogP contribution is -2.31. The van der Waals surface area contributed by atoms with E-state index in [1.54, 1.807) is 18.3 Å². The number of carbonyl (C=O) groups is 1. The first-order valence-corrected chi connectivity index (χ1v) is 8.81. The molecule has 0 aliphatic heterocycles. The quantitative estimate of drug-likeness (QED) is 0.425. The standard InChI is InChI=1S/C19H22N4O5/c1-4-10-28-17-8-7-14(11-16(17)23(26)27)12-20-21-18(24)15-6-5-9-22(13(2)3)19(15)25/h5-9,11-13H,4,10H2,1-3H3,(H,21,24)/b20-12-. The number of nitro groups is 1. The first-order chi connectivity index (χ1) is 13.3. The molecular weight excluding hydrogens is 364 g/mol. The normalized spacial score (nSPS) is 11.0. The molecular formula is C19H22N4O5. The Balaban J connectivity index is 2.15. The van der Waals surface area contributed by atoms with Crippen LogP contribution in [-0.2, 0) is 0 Å². The minimum absolute atomic E-state index is 0.0392. The van der Waals surface area contributed by atoms with Crippen molar-refractivity contribution in [3.63, 3.8) is 0 Å². The highest BCUT2D eigenvalue weighted by molar-refractivity contribution is 5.94. The van der Waals surface area contributed by atoms with Gasteiger partial charge in [0.15, 0.2) is 5.75 Å². The largest absolute Gasteiger partial charge is 0.487 e. The van der Waals surface area contributed by atoms with Gasteiger partial charge in [0.05, 0.1) is 17.7 Å². The zero-order chi connectivity index (χ0) is 20.7. The number of pyridine rings is 1. The van der Waals surface area contributed by atoms with Gasteiger partial charge in [-0.1, -0.05) is 6.92 Å². The minimum Gasteiger partial charge on any atom is -0.487 e. The number of nitrogens with zero attached hydrogens (tertiary/aromatic N) is 3. The topological polar surface area (TPSA) is 116 Å². The summed E-state index contributed by atoms with van der Waals surface area (Å²) in [5.74, 6) is -0.486. The van der Waals surface area contributed by atoms with Crippen LogP contribution < -0.4 is 15.7 Å². The molecule has 0 radical (unpaired) electrons. The molecule has 2 aromatic rings. The molecule has 0 bridgehead atoms. The third kappa shape index (κ3) is 5.03. The fourth-order valence-corrected chi connectivity index (χ4v) is 2.41. The van der Waals surface area contributed by atoms with Crippen LogP contribution in [0.5, 0.6) is 5.75 Å². The van der Waals surface area contributed by atoms with Gasteiger partial charge in [-0.15, -0.1) is 0 Å². The van der Waals surface area contributed by atoms with Crippen LogP contribution in [0.2, 0.25) is 0 Å². The first-order valence-electron chi connectivity index (χ1n) is 8.81. The maximum absolute atomic E-state index is 12.3. The molecule has 9 nitrogen and oxygen atoms in total. The van der Waals surface area contributed by atoms with Crippen LogP contribution in [0.4, 0.5) is 5.69 Å². The number of amides is 1. The van der Waals surface area contributed by atoms with E-state index in [0.717, 1.165) is 6.42 Å². The second-order valence-electron chi connectivity index (χ2n) is 6.26. The van der Waals surface area contributed by atoms with E-state index in [1.807, 2.05) is 20.8 Å². The van der Waals surface area contributed by atoms with Gasteiger partial charge in [0, 0.05) is 23.9 Å². The van der Waals surface area contributed by atoms with E-state index in [9.17, 15) is 19.7 Å². The van der Waals surface area contributed by atoms with Gasteiger partial charge >= 0.3 is 5.69 Å². The van der Waals surface area contributed by atoms with E-state index in [2.05, 4.69) is 10.5 Å². The van der Waals surface area contributed by atoms with Crippen molar-refractivity contribution in [1.29, 1.82) is 0 Å². The molecule has 0 fully saturated rings. The summed E-state index contributed by atoms with van der Waals surface area (Å²) in [6, 6.07) is 7.30. The Labute approximate surface area is 161 Å². The van der Waals surface area contributed by atoms with E-state index >= 15 is 0 Å². The van der Waals surface area contributed by atoms with Crippen molar-refractivity contribution in [3.8, 4) is 5.75 Å². The average molecular weight is 386 g/mol. The van der Waals surface area contributed by atoms with Gasteiger partial charge in [0.2, 0.25) is 0 Å². The van der Waals surface area contributed by atoms with Crippen molar-refractivity contribution in [3.05, 3.63) is 68.1 Å². The van der Waals surface area contributed by atoms with E-state index in [1.165, 1.54) is 29.0 Å². The lowest BCUT2D eigenvalue weighted by Gasteiger charge is -2.10. The number of hydrogen-bond donors (Lipinski definition) is 1. The fraction of sp³-hybridized carbons (Fsp3) is 0.316. The zero-order valence-electron chi connectivity index (χ0n) is 15.9. The number of benzene rings is 1. The van der Waals surface area contributed by atoms with Crippen molar-refractivity contribution in [2.45, 2.75) is 33.2 Å². The van der Waals surface area contributed by atoms with Gasteiger partial charge in [-0.2, -0.15) is 5.10 Å². The molecule has 0 spiro atoms. The smallest absolute Gasteiger partial charge is 0.311 e. The van der Waals surface area contributed by atoms with Gasteiger partial charge in [0.1, 0.15) is 5.56 Å². The highest BCUT2D eigenvalue weighted by atomic mass is 16.6. The maximum Gasteiger partial charge on any atom is 0.311 e. The molecule has 9 heteroatoms. The Morgan fingerprint density at radius 1 is 1.39 bits per heavy atom. The Hall–Kier alpha value is -3.49. The second kappa shape index (κ2) is 9.45. The molecule has 0 aliphatic rings. The summed E-state index contributed by atoms with van der Waals surface area (Å²) in [5.41, 5.74) is 2.03.